The van der Waals surface area contributed by atoms with Gasteiger partial charge in [0.2, 0.25) is 5.95 Å². The molecule has 36 heavy (non-hydrogen) atoms. The number of halogens is 1. The van der Waals surface area contributed by atoms with E-state index in [0.717, 1.165) is 31.6 Å². The molecule has 188 valence electrons. The maximum atomic E-state index is 13.6. The highest BCUT2D eigenvalue weighted by Crippen LogP contribution is 2.48. The summed E-state index contributed by atoms with van der Waals surface area (Å²) in [4.78, 5) is 26.9. The van der Waals surface area contributed by atoms with Crippen molar-refractivity contribution in [3.63, 3.8) is 0 Å². The predicted molar refractivity (Wildman–Crippen MR) is 135 cm³/mol. The van der Waals surface area contributed by atoms with Gasteiger partial charge in [-0.05, 0) is 49.9 Å². The molecule has 0 bridgehead atoms. The SMILES string of the molecule is CC(C)n1c(=O)c2cnc(Nc3ccc4c(c3)CNCC4(C)C)nc2n1-c1nc(C2(CF)CC2)co1. The Labute approximate surface area is 207 Å². The molecule has 1 aliphatic carbocycles. The molecule has 0 spiro atoms. The molecule has 10 heteroatoms. The Morgan fingerprint density at radius 2 is 2.06 bits per heavy atom. The van der Waals surface area contributed by atoms with Crippen LogP contribution in [-0.4, -0.2) is 37.5 Å². The third-order valence-corrected chi connectivity index (χ3v) is 7.41. The zero-order valence-electron chi connectivity index (χ0n) is 20.9. The number of anilines is 2. The van der Waals surface area contributed by atoms with E-state index in [9.17, 15) is 9.18 Å². The molecular weight excluding hydrogens is 461 g/mol. The molecule has 4 heterocycles. The van der Waals surface area contributed by atoms with Gasteiger partial charge >= 0.3 is 6.01 Å². The van der Waals surface area contributed by atoms with Crippen molar-refractivity contribution in [1.29, 1.82) is 0 Å². The van der Waals surface area contributed by atoms with Crippen LogP contribution in [0.2, 0.25) is 0 Å². The molecule has 6 rings (SSSR count). The largest absolute Gasteiger partial charge is 0.430 e. The normalized spacial score (nSPS) is 17.9. The van der Waals surface area contributed by atoms with Gasteiger partial charge in [0.25, 0.3) is 5.56 Å². The van der Waals surface area contributed by atoms with E-state index in [1.54, 1.807) is 9.36 Å². The molecule has 0 saturated heterocycles. The number of aromatic nitrogens is 5. The molecule has 9 nitrogen and oxygen atoms in total. The van der Waals surface area contributed by atoms with Crippen LogP contribution in [0.4, 0.5) is 16.0 Å². The summed E-state index contributed by atoms with van der Waals surface area (Å²) in [6.07, 6.45) is 4.50. The number of alkyl halides is 1. The summed E-state index contributed by atoms with van der Waals surface area (Å²) in [5.41, 5.74) is 3.63. The molecule has 4 aromatic rings. The minimum absolute atomic E-state index is 0.0629. The Kier molecular flexibility index (Phi) is 5.08. The van der Waals surface area contributed by atoms with Crippen molar-refractivity contribution in [3.8, 4) is 6.01 Å². The number of rotatable bonds is 6. The van der Waals surface area contributed by atoms with Crippen molar-refractivity contribution in [1.82, 2.24) is 29.6 Å². The van der Waals surface area contributed by atoms with E-state index >= 15 is 0 Å². The van der Waals surface area contributed by atoms with Gasteiger partial charge in [0, 0.05) is 41.8 Å². The standard InChI is InChI=1S/C26H30FN7O2/c1-15(2)33-22(35)18-11-29-23(30-17-5-6-19-16(9-17)10-28-14-25(19,3)4)32-21(18)34(33)24-31-20(12-36-24)26(13-27)7-8-26/h5-6,9,11-12,15,28H,7-8,10,13-14H2,1-4H3,(H,29,30,32). The Morgan fingerprint density at radius 3 is 2.78 bits per heavy atom. The van der Waals surface area contributed by atoms with E-state index in [-0.39, 0.29) is 23.0 Å². The lowest BCUT2D eigenvalue weighted by molar-refractivity contribution is 0.410. The number of hydrogen-bond acceptors (Lipinski definition) is 7. The van der Waals surface area contributed by atoms with Gasteiger partial charge in [-0.2, -0.15) is 14.6 Å². The highest BCUT2D eigenvalue weighted by molar-refractivity contribution is 5.76. The second-order valence-corrected chi connectivity index (χ2v) is 10.9. The van der Waals surface area contributed by atoms with Crippen LogP contribution in [0.1, 0.15) is 63.4 Å². The molecule has 2 N–H and O–H groups in total. The summed E-state index contributed by atoms with van der Waals surface area (Å²) in [7, 11) is 0. The van der Waals surface area contributed by atoms with E-state index < -0.39 is 12.1 Å². The minimum Gasteiger partial charge on any atom is -0.430 e. The first-order chi connectivity index (χ1) is 17.2. The zero-order valence-corrected chi connectivity index (χ0v) is 20.9. The summed E-state index contributed by atoms with van der Waals surface area (Å²) in [5, 5.41) is 7.11. The number of oxazole rings is 1. The Bertz CT molecular complexity index is 1530. The first kappa shape index (κ1) is 22.9. The van der Waals surface area contributed by atoms with Gasteiger partial charge in [0.05, 0.1) is 5.69 Å². The third kappa shape index (κ3) is 3.54. The molecule has 0 amide bonds. The molecule has 1 aromatic carbocycles. The number of nitrogens with zero attached hydrogens (tertiary/aromatic N) is 5. The molecular formula is C26H30FN7O2. The number of benzene rings is 1. The summed E-state index contributed by atoms with van der Waals surface area (Å²) < 4.78 is 22.5. The first-order valence-electron chi connectivity index (χ1n) is 12.4. The lowest BCUT2D eigenvalue weighted by atomic mass is 9.79. The molecule has 0 radical (unpaired) electrons. The first-order valence-corrected chi connectivity index (χ1v) is 12.4. The average Bonchev–Trinajstić information content (AvgIpc) is 3.39. The fourth-order valence-electron chi connectivity index (χ4n) is 5.14. The van der Waals surface area contributed by atoms with Crippen molar-refractivity contribution < 1.29 is 8.81 Å². The van der Waals surface area contributed by atoms with Crippen molar-refractivity contribution in [2.45, 2.75) is 64.0 Å². The fourth-order valence-corrected chi connectivity index (χ4v) is 5.14. The van der Waals surface area contributed by atoms with Crippen LogP contribution >= 0.6 is 0 Å². The third-order valence-electron chi connectivity index (χ3n) is 7.41. The monoisotopic (exact) mass is 491 g/mol. The quantitative estimate of drug-likeness (QED) is 0.415. The molecule has 0 atom stereocenters. The van der Waals surface area contributed by atoms with Gasteiger partial charge < -0.3 is 15.1 Å². The lowest BCUT2D eigenvalue weighted by Crippen LogP contribution is -2.38. The zero-order chi connectivity index (χ0) is 25.2. The van der Waals surface area contributed by atoms with E-state index in [2.05, 4.69) is 51.6 Å². The Morgan fingerprint density at radius 1 is 1.25 bits per heavy atom. The van der Waals surface area contributed by atoms with Crippen molar-refractivity contribution in [2.24, 2.45) is 0 Å². The average molecular weight is 492 g/mol. The van der Waals surface area contributed by atoms with Gasteiger partial charge in [-0.15, -0.1) is 0 Å². The maximum absolute atomic E-state index is 13.6. The van der Waals surface area contributed by atoms with Gasteiger partial charge in [-0.3, -0.25) is 9.18 Å². The minimum atomic E-state index is -0.564. The molecule has 1 fully saturated rings. The molecule has 2 aliphatic rings. The molecule has 3 aromatic heterocycles. The van der Waals surface area contributed by atoms with Crippen LogP contribution in [-0.2, 0) is 17.4 Å². The van der Waals surface area contributed by atoms with Crippen molar-refractivity contribution >= 4 is 22.7 Å². The van der Waals surface area contributed by atoms with E-state index in [1.807, 2.05) is 19.9 Å². The van der Waals surface area contributed by atoms with Gasteiger partial charge in [-0.1, -0.05) is 19.9 Å². The number of fused-ring (bicyclic) bond motifs is 2. The van der Waals surface area contributed by atoms with E-state index in [0.29, 0.717) is 22.7 Å². The van der Waals surface area contributed by atoms with Crippen LogP contribution in [0, 0.1) is 0 Å². The van der Waals surface area contributed by atoms with Crippen LogP contribution in [0.5, 0.6) is 0 Å². The topological polar surface area (TPSA) is 103 Å². The van der Waals surface area contributed by atoms with Gasteiger partial charge in [0.15, 0.2) is 5.65 Å². The van der Waals surface area contributed by atoms with Crippen molar-refractivity contribution in [3.05, 3.63) is 57.8 Å². The fraction of sp³-hybridized carbons (Fsp3) is 0.462. The maximum Gasteiger partial charge on any atom is 0.323 e. The highest BCUT2D eigenvalue weighted by Gasteiger charge is 2.47. The van der Waals surface area contributed by atoms with Gasteiger partial charge in [0.1, 0.15) is 18.3 Å². The van der Waals surface area contributed by atoms with Crippen molar-refractivity contribution in [2.75, 3.05) is 18.5 Å². The van der Waals surface area contributed by atoms with Crippen LogP contribution < -0.4 is 16.2 Å². The summed E-state index contributed by atoms with van der Waals surface area (Å²) in [6, 6.07) is 6.28. The van der Waals surface area contributed by atoms with Gasteiger partial charge in [-0.25, -0.2) is 9.67 Å². The molecule has 1 aliphatic heterocycles. The van der Waals surface area contributed by atoms with Crippen LogP contribution in [0.15, 0.2) is 39.9 Å². The predicted octanol–water partition coefficient (Wildman–Crippen LogP) is 4.28. The Hall–Kier alpha value is -3.53. The lowest BCUT2D eigenvalue weighted by Gasteiger charge is -2.33. The van der Waals surface area contributed by atoms with Crippen LogP contribution in [0.3, 0.4) is 0 Å². The highest BCUT2D eigenvalue weighted by atomic mass is 19.1. The summed E-state index contributed by atoms with van der Waals surface area (Å²) in [6.45, 7) is 9.52. The summed E-state index contributed by atoms with van der Waals surface area (Å²) in [5.74, 6) is 0.356. The number of hydrogen-bond donors (Lipinski definition) is 2. The smallest absolute Gasteiger partial charge is 0.323 e. The van der Waals surface area contributed by atoms with Crippen LogP contribution in [0.25, 0.3) is 17.0 Å². The number of nitrogens with one attached hydrogen (secondary N) is 2. The van der Waals surface area contributed by atoms with E-state index in [4.69, 9.17) is 4.42 Å². The van der Waals surface area contributed by atoms with E-state index in [1.165, 1.54) is 23.6 Å². The Balaban J connectivity index is 1.42. The molecule has 1 saturated carbocycles. The summed E-state index contributed by atoms with van der Waals surface area (Å²) >= 11 is 0. The second-order valence-electron chi connectivity index (χ2n) is 10.9. The second kappa shape index (κ2) is 7.99. The molecule has 0 unspecified atom stereocenters.